The summed E-state index contributed by atoms with van der Waals surface area (Å²) in [5.74, 6) is 1.51. The van der Waals surface area contributed by atoms with Crippen LogP contribution in [0.15, 0.2) is 41.6 Å². The molecule has 0 spiro atoms. The van der Waals surface area contributed by atoms with E-state index in [1.165, 1.54) is 11.8 Å². The Bertz CT molecular complexity index is 998. The maximum atomic E-state index is 12.7. The predicted molar refractivity (Wildman–Crippen MR) is 106 cm³/mol. The van der Waals surface area contributed by atoms with Gasteiger partial charge >= 0.3 is 0 Å². The number of ether oxygens (including phenoxy) is 2. The summed E-state index contributed by atoms with van der Waals surface area (Å²) in [5.41, 5.74) is 3.67. The molecule has 2 aromatic carbocycles. The first-order valence-corrected chi connectivity index (χ1v) is 10.0. The van der Waals surface area contributed by atoms with Crippen molar-refractivity contribution in [1.29, 1.82) is 0 Å². The van der Waals surface area contributed by atoms with E-state index in [4.69, 9.17) is 9.47 Å². The molecular formula is C20H20N4O3S. The van der Waals surface area contributed by atoms with Gasteiger partial charge in [-0.3, -0.25) is 4.79 Å². The van der Waals surface area contributed by atoms with E-state index in [0.29, 0.717) is 35.4 Å². The highest BCUT2D eigenvalue weighted by atomic mass is 32.2. The predicted octanol–water partition coefficient (Wildman–Crippen LogP) is 3.42. The number of Topliss-reactive ketones (excluding diaryl/α,β-unsaturated/α-hetero) is 1. The van der Waals surface area contributed by atoms with Crippen LogP contribution in [0.1, 0.15) is 27.9 Å². The van der Waals surface area contributed by atoms with E-state index in [9.17, 15) is 4.79 Å². The van der Waals surface area contributed by atoms with E-state index in [2.05, 4.69) is 15.5 Å². The van der Waals surface area contributed by atoms with Crippen LogP contribution in [0.2, 0.25) is 0 Å². The number of fused-ring (bicyclic) bond motifs is 1. The van der Waals surface area contributed by atoms with E-state index in [1.54, 1.807) is 22.9 Å². The van der Waals surface area contributed by atoms with Crippen LogP contribution in [0.25, 0.3) is 5.69 Å². The first-order valence-electron chi connectivity index (χ1n) is 9.04. The van der Waals surface area contributed by atoms with Gasteiger partial charge < -0.3 is 9.47 Å². The lowest BCUT2D eigenvalue weighted by Crippen LogP contribution is -2.07. The zero-order valence-electron chi connectivity index (χ0n) is 15.7. The number of hydrogen-bond donors (Lipinski definition) is 0. The Hall–Kier alpha value is -2.87. The minimum Gasteiger partial charge on any atom is -0.490 e. The summed E-state index contributed by atoms with van der Waals surface area (Å²) < 4.78 is 13.0. The summed E-state index contributed by atoms with van der Waals surface area (Å²) in [6.07, 6.45) is 0.828. The first kappa shape index (κ1) is 18.5. The van der Waals surface area contributed by atoms with Gasteiger partial charge in [-0.25, -0.2) is 0 Å². The maximum absolute atomic E-state index is 12.7. The molecule has 2 heterocycles. The van der Waals surface area contributed by atoms with Crippen molar-refractivity contribution in [1.82, 2.24) is 20.2 Å². The van der Waals surface area contributed by atoms with Gasteiger partial charge in [0.05, 0.1) is 24.7 Å². The van der Waals surface area contributed by atoms with Gasteiger partial charge in [0, 0.05) is 12.0 Å². The molecule has 0 atom stereocenters. The summed E-state index contributed by atoms with van der Waals surface area (Å²) >= 11 is 1.32. The second-order valence-electron chi connectivity index (χ2n) is 6.54. The van der Waals surface area contributed by atoms with Crippen molar-refractivity contribution in [2.24, 2.45) is 0 Å². The zero-order valence-corrected chi connectivity index (χ0v) is 16.5. The number of carbonyl (C=O) groups excluding carboxylic acids is 1. The third-order valence-corrected chi connectivity index (χ3v) is 5.41. The smallest absolute Gasteiger partial charge is 0.214 e. The fraction of sp³-hybridized carbons (Fsp3) is 0.300. The molecule has 8 heteroatoms. The van der Waals surface area contributed by atoms with Crippen molar-refractivity contribution in [3.05, 3.63) is 53.1 Å². The first-order chi connectivity index (χ1) is 13.6. The molecule has 1 aliphatic heterocycles. The summed E-state index contributed by atoms with van der Waals surface area (Å²) in [5, 5.41) is 12.6. The number of aryl methyl sites for hydroxylation is 2. The molecule has 3 aromatic rings. The van der Waals surface area contributed by atoms with Gasteiger partial charge in [0.15, 0.2) is 17.3 Å². The number of thioether (sulfide) groups is 1. The van der Waals surface area contributed by atoms with Crippen molar-refractivity contribution in [3.8, 4) is 17.2 Å². The minimum absolute atomic E-state index is 0.0169. The molecule has 1 aromatic heterocycles. The average Bonchev–Trinajstić information content (AvgIpc) is 3.01. The molecule has 0 saturated heterocycles. The van der Waals surface area contributed by atoms with Crippen LogP contribution >= 0.6 is 11.8 Å². The van der Waals surface area contributed by atoms with E-state index in [1.807, 2.05) is 32.0 Å². The van der Waals surface area contributed by atoms with Crippen molar-refractivity contribution in [3.63, 3.8) is 0 Å². The molecule has 0 fully saturated rings. The molecule has 144 valence electrons. The molecule has 0 amide bonds. The molecule has 0 saturated carbocycles. The summed E-state index contributed by atoms with van der Waals surface area (Å²) in [7, 11) is 0. The molecular weight excluding hydrogens is 376 g/mol. The van der Waals surface area contributed by atoms with E-state index in [0.717, 1.165) is 23.2 Å². The van der Waals surface area contributed by atoms with Crippen LogP contribution in [0, 0.1) is 13.8 Å². The molecule has 0 unspecified atom stereocenters. The van der Waals surface area contributed by atoms with Crippen LogP contribution in [0.5, 0.6) is 11.5 Å². The van der Waals surface area contributed by atoms with Gasteiger partial charge in [-0.2, -0.15) is 4.68 Å². The van der Waals surface area contributed by atoms with Gasteiger partial charge in [0.25, 0.3) is 0 Å². The van der Waals surface area contributed by atoms with Crippen LogP contribution in [-0.4, -0.2) is 45.0 Å². The number of carbonyl (C=O) groups is 1. The second kappa shape index (κ2) is 8.02. The third kappa shape index (κ3) is 3.73. The monoisotopic (exact) mass is 396 g/mol. The van der Waals surface area contributed by atoms with Gasteiger partial charge in [-0.15, -0.1) is 5.10 Å². The molecule has 1 aliphatic rings. The number of tetrazole rings is 1. The highest BCUT2D eigenvalue weighted by Gasteiger charge is 2.17. The van der Waals surface area contributed by atoms with Crippen molar-refractivity contribution in [2.45, 2.75) is 25.4 Å². The normalized spacial score (nSPS) is 13.2. The largest absolute Gasteiger partial charge is 0.490 e. The molecule has 0 aliphatic carbocycles. The summed E-state index contributed by atoms with van der Waals surface area (Å²) in [4.78, 5) is 12.7. The molecule has 7 nitrogen and oxygen atoms in total. The summed E-state index contributed by atoms with van der Waals surface area (Å²) in [6.45, 7) is 5.24. The van der Waals surface area contributed by atoms with Gasteiger partial charge in [-0.1, -0.05) is 30.0 Å². The number of ketones is 1. The Balaban J connectivity index is 1.51. The lowest BCUT2D eigenvalue weighted by molar-refractivity contribution is 0.102. The van der Waals surface area contributed by atoms with Crippen LogP contribution in [-0.2, 0) is 0 Å². The van der Waals surface area contributed by atoms with Gasteiger partial charge in [0.1, 0.15) is 0 Å². The highest BCUT2D eigenvalue weighted by molar-refractivity contribution is 7.99. The fourth-order valence-corrected chi connectivity index (χ4v) is 3.87. The van der Waals surface area contributed by atoms with Crippen molar-refractivity contribution < 1.29 is 14.3 Å². The van der Waals surface area contributed by atoms with E-state index >= 15 is 0 Å². The number of hydrogen-bond acceptors (Lipinski definition) is 7. The number of aromatic nitrogens is 4. The third-order valence-electron chi connectivity index (χ3n) is 4.49. The Morgan fingerprint density at radius 3 is 2.64 bits per heavy atom. The maximum Gasteiger partial charge on any atom is 0.214 e. The minimum atomic E-state index is -0.0169. The highest BCUT2D eigenvalue weighted by Crippen LogP contribution is 2.31. The van der Waals surface area contributed by atoms with Crippen LogP contribution in [0.3, 0.4) is 0 Å². The topological polar surface area (TPSA) is 79.1 Å². The van der Waals surface area contributed by atoms with E-state index < -0.39 is 0 Å². The quantitative estimate of drug-likeness (QED) is 0.483. The molecule has 0 bridgehead atoms. The number of nitrogens with zero attached hydrogens (tertiary/aromatic N) is 4. The van der Waals surface area contributed by atoms with Gasteiger partial charge in [-0.05, 0) is 53.6 Å². The van der Waals surface area contributed by atoms with Crippen LogP contribution < -0.4 is 9.47 Å². The van der Waals surface area contributed by atoms with Crippen LogP contribution in [0.4, 0.5) is 0 Å². The number of para-hydroxylation sites is 1. The lowest BCUT2D eigenvalue weighted by atomic mass is 10.1. The number of rotatable bonds is 5. The Morgan fingerprint density at radius 1 is 1.11 bits per heavy atom. The second-order valence-corrected chi connectivity index (χ2v) is 7.48. The summed E-state index contributed by atoms with van der Waals surface area (Å²) in [6, 6.07) is 11.3. The van der Waals surface area contributed by atoms with Crippen molar-refractivity contribution in [2.75, 3.05) is 19.0 Å². The zero-order chi connectivity index (χ0) is 19.5. The average molecular weight is 396 g/mol. The standard InChI is InChI=1S/C20H20N4O3S/c1-13-5-3-6-14(2)19(13)24-20(21-22-23-24)28-12-16(25)15-7-8-17-18(11-15)27-10-4-9-26-17/h3,5-8,11H,4,9-10,12H2,1-2H3. The fourth-order valence-electron chi connectivity index (χ4n) is 3.10. The number of benzene rings is 2. The van der Waals surface area contributed by atoms with E-state index in [-0.39, 0.29) is 11.5 Å². The Morgan fingerprint density at radius 2 is 1.86 bits per heavy atom. The SMILES string of the molecule is Cc1cccc(C)c1-n1nnnc1SCC(=O)c1ccc2c(c1)OCCCO2. The van der Waals surface area contributed by atoms with Gasteiger partial charge in [0.2, 0.25) is 5.16 Å². The molecule has 28 heavy (non-hydrogen) atoms. The molecule has 4 rings (SSSR count). The lowest BCUT2D eigenvalue weighted by Gasteiger charge is -2.11. The Kier molecular flexibility index (Phi) is 5.29. The van der Waals surface area contributed by atoms with Crippen molar-refractivity contribution >= 4 is 17.5 Å². The molecule has 0 radical (unpaired) electrons. The Labute approximate surface area is 167 Å². The molecule has 0 N–H and O–H groups in total.